The van der Waals surface area contributed by atoms with Gasteiger partial charge in [-0.3, -0.25) is 9.59 Å². The van der Waals surface area contributed by atoms with E-state index in [1.165, 1.54) is 0 Å². The Balaban J connectivity index is 2.51. The molecule has 1 rings (SSSR count). The highest BCUT2D eigenvalue weighted by Crippen LogP contribution is 2.08. The summed E-state index contributed by atoms with van der Waals surface area (Å²) in [7, 11) is 0. The Kier molecular flexibility index (Phi) is 6.56. The van der Waals surface area contributed by atoms with Crippen LogP contribution in [0.3, 0.4) is 0 Å². The highest BCUT2D eigenvalue weighted by molar-refractivity contribution is 5.91. The highest BCUT2D eigenvalue weighted by Gasteiger charge is 2.20. The Bertz CT molecular complexity index is 521. The molecule has 122 valence electrons. The molecule has 22 heavy (non-hydrogen) atoms. The number of aryl methyl sites for hydroxylation is 1. The van der Waals surface area contributed by atoms with Crippen LogP contribution >= 0.6 is 0 Å². The van der Waals surface area contributed by atoms with Gasteiger partial charge >= 0.3 is 0 Å². The van der Waals surface area contributed by atoms with E-state index in [9.17, 15) is 9.59 Å². The molecule has 1 aromatic carbocycles. The van der Waals surface area contributed by atoms with Crippen LogP contribution < -0.4 is 15.5 Å². The van der Waals surface area contributed by atoms with Crippen molar-refractivity contribution >= 4 is 17.5 Å². The number of benzene rings is 1. The summed E-state index contributed by atoms with van der Waals surface area (Å²) in [5.74, 6) is -0.112. The fraction of sp³-hybridized carbons (Fsp3) is 0.529. The van der Waals surface area contributed by atoms with Gasteiger partial charge in [-0.05, 0) is 52.3 Å². The van der Waals surface area contributed by atoms with Gasteiger partial charge in [0.25, 0.3) is 11.8 Å². The van der Waals surface area contributed by atoms with Crippen LogP contribution in [0.1, 0.15) is 33.3 Å². The first-order chi connectivity index (χ1) is 10.2. The first-order valence-corrected chi connectivity index (χ1v) is 7.70. The van der Waals surface area contributed by atoms with Crippen molar-refractivity contribution in [2.75, 3.05) is 25.0 Å². The molecular weight excluding hydrogens is 278 g/mol. The lowest BCUT2D eigenvalue weighted by Gasteiger charge is -2.23. The molecule has 5 heteroatoms. The molecule has 0 heterocycles. The third-order valence-corrected chi connectivity index (χ3v) is 3.14. The van der Waals surface area contributed by atoms with Crippen LogP contribution in [-0.4, -0.2) is 37.0 Å². The molecule has 1 atom stereocenters. The molecule has 0 aliphatic carbocycles. The van der Waals surface area contributed by atoms with Crippen molar-refractivity contribution in [3.63, 3.8) is 0 Å². The largest absolute Gasteiger partial charge is 0.347 e. The number of hydrogen-bond acceptors (Lipinski definition) is 2. The van der Waals surface area contributed by atoms with Gasteiger partial charge in [0.2, 0.25) is 0 Å². The average Bonchev–Trinajstić information content (AvgIpc) is 2.35. The average molecular weight is 306 g/mol. The van der Waals surface area contributed by atoms with Gasteiger partial charge in [-0.2, -0.15) is 0 Å². The summed E-state index contributed by atoms with van der Waals surface area (Å²) >= 11 is 0. The van der Waals surface area contributed by atoms with Crippen LogP contribution in [0.25, 0.3) is 0 Å². The number of hydrogen-bond donors (Lipinski definition) is 3. The van der Waals surface area contributed by atoms with E-state index in [1.807, 2.05) is 58.9 Å². The van der Waals surface area contributed by atoms with Crippen LogP contribution in [0.4, 0.5) is 5.69 Å². The molecule has 0 saturated heterocycles. The molecule has 1 aromatic rings. The number of likely N-dealkylation sites (N-methyl/N-ethyl adjacent to an activating group) is 1. The van der Waals surface area contributed by atoms with Gasteiger partial charge in [-0.1, -0.05) is 12.1 Å². The molecule has 0 fully saturated rings. The quantitative estimate of drug-likeness (QED) is 0.726. The first-order valence-electron chi connectivity index (χ1n) is 7.70. The zero-order valence-corrected chi connectivity index (χ0v) is 14.2. The van der Waals surface area contributed by atoms with Crippen molar-refractivity contribution in [2.24, 2.45) is 0 Å². The third-order valence-electron chi connectivity index (χ3n) is 3.14. The van der Waals surface area contributed by atoms with Crippen molar-refractivity contribution in [2.45, 2.75) is 40.2 Å². The minimum Gasteiger partial charge on any atom is -0.347 e. The summed E-state index contributed by atoms with van der Waals surface area (Å²) in [6.07, 6.45) is 0. The second-order valence-electron chi connectivity index (χ2n) is 6.67. The molecule has 2 amide bonds. The Morgan fingerprint density at radius 3 is 2.32 bits per heavy atom. The van der Waals surface area contributed by atoms with Gasteiger partial charge in [0, 0.05) is 11.2 Å². The number of carbonyl (C=O) groups is 2. The summed E-state index contributed by atoms with van der Waals surface area (Å²) in [6, 6.07) is 7.68. The van der Waals surface area contributed by atoms with E-state index in [2.05, 4.69) is 10.6 Å². The Morgan fingerprint density at radius 1 is 1.14 bits per heavy atom. The maximum Gasteiger partial charge on any atom is 0.279 e. The van der Waals surface area contributed by atoms with E-state index in [4.69, 9.17) is 0 Å². The number of nitrogens with one attached hydrogen (secondary N) is 3. The predicted octanol–water partition coefficient (Wildman–Crippen LogP) is 0.753. The lowest BCUT2D eigenvalue weighted by atomic mass is 10.1. The summed E-state index contributed by atoms with van der Waals surface area (Å²) in [4.78, 5) is 25.0. The van der Waals surface area contributed by atoms with E-state index in [1.54, 1.807) is 0 Å². The molecule has 0 radical (unpaired) electrons. The molecule has 0 aliphatic heterocycles. The third kappa shape index (κ3) is 7.22. The zero-order valence-electron chi connectivity index (χ0n) is 14.2. The fourth-order valence-corrected chi connectivity index (χ4v) is 2.16. The van der Waals surface area contributed by atoms with E-state index < -0.39 is 0 Å². The van der Waals surface area contributed by atoms with Crippen molar-refractivity contribution in [3.05, 3.63) is 29.8 Å². The lowest BCUT2D eigenvalue weighted by Crippen LogP contribution is -3.14. The highest BCUT2D eigenvalue weighted by atomic mass is 16.2. The number of anilines is 1. The maximum absolute atomic E-state index is 12.1. The first kappa shape index (κ1) is 18.2. The van der Waals surface area contributed by atoms with E-state index in [0.29, 0.717) is 6.54 Å². The number of carbonyl (C=O) groups excluding carboxylic acids is 2. The van der Waals surface area contributed by atoms with E-state index in [-0.39, 0.29) is 23.9 Å². The number of quaternary nitrogens is 1. The van der Waals surface area contributed by atoms with Crippen LogP contribution in [0, 0.1) is 6.92 Å². The van der Waals surface area contributed by atoms with Crippen LogP contribution in [0.2, 0.25) is 0 Å². The smallest absolute Gasteiger partial charge is 0.279 e. The van der Waals surface area contributed by atoms with E-state index >= 15 is 0 Å². The zero-order chi connectivity index (χ0) is 16.8. The van der Waals surface area contributed by atoms with Crippen molar-refractivity contribution in [1.82, 2.24) is 5.32 Å². The second-order valence-corrected chi connectivity index (χ2v) is 6.67. The Labute approximate surface area is 133 Å². The molecule has 5 nitrogen and oxygen atoms in total. The minimum atomic E-state index is -0.250. The molecule has 0 bridgehead atoms. The summed E-state index contributed by atoms with van der Waals surface area (Å²) in [5, 5.41) is 5.80. The molecule has 0 spiro atoms. The van der Waals surface area contributed by atoms with Gasteiger partial charge in [-0.15, -0.1) is 0 Å². The van der Waals surface area contributed by atoms with Crippen LogP contribution in [-0.2, 0) is 9.59 Å². The van der Waals surface area contributed by atoms with Gasteiger partial charge < -0.3 is 15.5 Å². The molecule has 0 aromatic heterocycles. The summed E-state index contributed by atoms with van der Waals surface area (Å²) in [6.45, 7) is 11.1. The Hall–Kier alpha value is -1.88. The summed E-state index contributed by atoms with van der Waals surface area (Å²) < 4.78 is 0. The molecule has 1 unspecified atom stereocenters. The Morgan fingerprint density at radius 2 is 1.77 bits per heavy atom. The molecular formula is C17H28N3O2+. The topological polar surface area (TPSA) is 62.6 Å². The standard InChI is InChI=1S/C17H27N3O2/c1-6-20(12-16(22)19-17(3,4)5)11-15(21)18-14-9-7-8-13(2)10-14/h7-10H,6,11-12H2,1-5H3,(H,18,21)(H,19,22)/p+1. The number of amides is 2. The minimum absolute atomic E-state index is 0.0345. The second kappa shape index (κ2) is 7.94. The molecule has 3 N–H and O–H groups in total. The van der Waals surface area contributed by atoms with Gasteiger partial charge in [-0.25, -0.2) is 0 Å². The van der Waals surface area contributed by atoms with Gasteiger partial charge in [0.15, 0.2) is 13.1 Å². The SMILES string of the molecule is CC[NH+](CC(=O)Nc1cccc(C)c1)CC(=O)NC(C)(C)C. The van der Waals surface area contributed by atoms with Gasteiger partial charge in [0.1, 0.15) is 0 Å². The normalized spacial score (nSPS) is 12.6. The molecule has 0 saturated carbocycles. The van der Waals surface area contributed by atoms with Crippen molar-refractivity contribution in [3.8, 4) is 0 Å². The maximum atomic E-state index is 12.1. The van der Waals surface area contributed by atoms with Crippen molar-refractivity contribution < 1.29 is 14.5 Å². The lowest BCUT2D eigenvalue weighted by molar-refractivity contribution is -0.881. The predicted molar refractivity (Wildman–Crippen MR) is 88.9 cm³/mol. The fourth-order valence-electron chi connectivity index (χ4n) is 2.16. The number of rotatable bonds is 6. The summed E-state index contributed by atoms with van der Waals surface area (Å²) in [5.41, 5.74) is 1.64. The van der Waals surface area contributed by atoms with Gasteiger partial charge in [0.05, 0.1) is 6.54 Å². The van der Waals surface area contributed by atoms with E-state index in [0.717, 1.165) is 22.7 Å². The monoisotopic (exact) mass is 306 g/mol. The molecule has 0 aliphatic rings. The van der Waals surface area contributed by atoms with Crippen LogP contribution in [0.15, 0.2) is 24.3 Å². The van der Waals surface area contributed by atoms with Crippen molar-refractivity contribution in [1.29, 1.82) is 0 Å². The van der Waals surface area contributed by atoms with Crippen LogP contribution in [0.5, 0.6) is 0 Å².